The van der Waals surface area contributed by atoms with Crippen molar-refractivity contribution in [1.29, 1.82) is 0 Å². The smallest absolute Gasteiger partial charge is 0.134 e. The summed E-state index contributed by atoms with van der Waals surface area (Å²) in [6, 6.07) is 18.9. The van der Waals surface area contributed by atoms with Gasteiger partial charge >= 0.3 is 0 Å². The fourth-order valence-electron chi connectivity index (χ4n) is 3.70. The van der Waals surface area contributed by atoms with Gasteiger partial charge in [0.15, 0.2) is 0 Å². The van der Waals surface area contributed by atoms with E-state index in [9.17, 15) is 0 Å². The van der Waals surface area contributed by atoms with Gasteiger partial charge in [0.05, 0.1) is 34.2 Å². The molecule has 2 atom stereocenters. The Kier molecular flexibility index (Phi) is 8.84. The van der Waals surface area contributed by atoms with Crippen molar-refractivity contribution >= 4 is 11.4 Å². The van der Waals surface area contributed by atoms with Crippen LogP contribution in [0.25, 0.3) is 0 Å². The highest BCUT2D eigenvalue weighted by Gasteiger charge is 2.27. The van der Waals surface area contributed by atoms with Crippen molar-refractivity contribution in [2.24, 2.45) is 0 Å². The fraction of sp³-hybridized carbons (Fsp3) is 0.429. The molecule has 4 heteroatoms. The van der Waals surface area contributed by atoms with Crippen LogP contribution >= 0.6 is 0 Å². The first-order chi connectivity index (χ1) is 10.9. The molecule has 0 amide bonds. The Morgan fingerprint density at radius 3 is 2.24 bits per heavy atom. The number of para-hydroxylation sites is 1. The van der Waals surface area contributed by atoms with Gasteiger partial charge in [-0.2, -0.15) is 0 Å². The minimum absolute atomic E-state index is 0. The lowest BCUT2D eigenvalue weighted by Crippen LogP contribution is -3.09. The zero-order valence-corrected chi connectivity index (χ0v) is 20.0. The lowest BCUT2D eigenvalue weighted by Gasteiger charge is -2.31. The van der Waals surface area contributed by atoms with Gasteiger partial charge in [-0.15, -0.1) is 0 Å². The van der Waals surface area contributed by atoms with Crippen LogP contribution in [0.1, 0.15) is 24.0 Å². The summed E-state index contributed by atoms with van der Waals surface area (Å²) in [6.45, 7) is 0. The third kappa shape index (κ3) is 5.65. The Bertz CT molecular complexity index is 662. The van der Waals surface area contributed by atoms with Crippen molar-refractivity contribution < 1.29 is 52.9 Å². The maximum atomic E-state index is 2.34. The highest BCUT2D eigenvalue weighted by atomic mass is 127. The summed E-state index contributed by atoms with van der Waals surface area (Å²) in [6.07, 6.45) is 4.99. The van der Waals surface area contributed by atoms with Crippen molar-refractivity contribution in [1.82, 2.24) is 4.48 Å². The van der Waals surface area contributed by atoms with Crippen molar-refractivity contribution in [2.45, 2.75) is 31.7 Å². The molecule has 0 radical (unpaired) electrons. The highest BCUT2D eigenvalue weighted by Crippen LogP contribution is 2.22. The number of aryl methyl sites for hydroxylation is 2. The quantitative estimate of drug-likeness (QED) is 0.299. The van der Waals surface area contributed by atoms with Crippen LogP contribution < -0.4 is 57.3 Å². The third-order valence-corrected chi connectivity index (χ3v) is 5.31. The van der Waals surface area contributed by atoms with Gasteiger partial charge < -0.3 is 52.9 Å². The molecule has 1 heterocycles. The second kappa shape index (κ2) is 9.67. The number of quaternary nitrogens is 2. The molecule has 2 aromatic rings. The number of nitrogens with zero attached hydrogens (tertiary/aromatic N) is 1. The molecule has 1 aliphatic heterocycles. The van der Waals surface area contributed by atoms with E-state index in [-0.39, 0.29) is 48.0 Å². The summed E-state index contributed by atoms with van der Waals surface area (Å²) in [5.41, 5.74) is 5.87. The van der Waals surface area contributed by atoms with Crippen LogP contribution in [-0.2, 0) is 12.8 Å². The van der Waals surface area contributed by atoms with Gasteiger partial charge in [-0.05, 0) is 36.6 Å². The number of halogens is 2. The Balaban J connectivity index is 0.00000156. The van der Waals surface area contributed by atoms with Crippen molar-refractivity contribution in [3.05, 3.63) is 59.7 Å². The topological polar surface area (TPSA) is 4.44 Å². The largest absolute Gasteiger partial charge is 1.00 e. The Morgan fingerprint density at radius 2 is 1.60 bits per heavy atom. The zero-order chi connectivity index (χ0) is 16.4. The van der Waals surface area contributed by atoms with Crippen molar-refractivity contribution in [3.8, 4) is 0 Å². The van der Waals surface area contributed by atoms with E-state index in [1.165, 1.54) is 48.2 Å². The molecule has 0 spiro atoms. The fourth-order valence-corrected chi connectivity index (χ4v) is 3.70. The van der Waals surface area contributed by atoms with E-state index >= 15 is 0 Å². The summed E-state index contributed by atoms with van der Waals surface area (Å²) >= 11 is 0. The van der Waals surface area contributed by atoms with Gasteiger partial charge in [-0.25, -0.2) is 0 Å². The van der Waals surface area contributed by atoms with E-state index in [0.29, 0.717) is 0 Å². The molecule has 0 aliphatic carbocycles. The molecule has 2 aromatic carbocycles. The SMILES string of the molecule is C[NH+]1c2ccccc2CCC1CCc1ccc([N+](C)(C)C)cc1.[I-].[I-]. The molecule has 2 nitrogen and oxygen atoms in total. The first kappa shape index (κ1) is 22.9. The molecule has 2 unspecified atom stereocenters. The molecule has 1 aliphatic rings. The number of nitrogens with one attached hydrogen (secondary N) is 1. The average Bonchev–Trinajstić information content (AvgIpc) is 2.54. The lowest BCUT2D eigenvalue weighted by atomic mass is 9.92. The normalized spacial score (nSPS) is 19.4. The van der Waals surface area contributed by atoms with Crippen molar-refractivity contribution in [3.63, 3.8) is 0 Å². The summed E-state index contributed by atoms with van der Waals surface area (Å²) in [5, 5.41) is 0. The molecule has 0 aromatic heterocycles. The van der Waals surface area contributed by atoms with Crippen LogP contribution in [-0.4, -0.2) is 34.2 Å². The van der Waals surface area contributed by atoms with E-state index in [1.54, 1.807) is 4.90 Å². The second-order valence-electron chi connectivity index (χ2n) is 7.79. The highest BCUT2D eigenvalue weighted by molar-refractivity contribution is 5.43. The molecule has 0 saturated carbocycles. The number of hydrogen-bond acceptors (Lipinski definition) is 0. The van der Waals surface area contributed by atoms with Crippen LogP contribution in [0, 0.1) is 0 Å². The third-order valence-electron chi connectivity index (χ3n) is 5.31. The zero-order valence-electron chi connectivity index (χ0n) is 15.7. The van der Waals surface area contributed by atoms with E-state index in [2.05, 4.69) is 76.7 Å². The molecule has 0 bridgehead atoms. The summed E-state index contributed by atoms with van der Waals surface area (Å²) in [5.74, 6) is 0. The van der Waals surface area contributed by atoms with Gasteiger partial charge in [-0.1, -0.05) is 30.3 Å². The summed E-state index contributed by atoms with van der Waals surface area (Å²) in [4.78, 5) is 1.59. The van der Waals surface area contributed by atoms with E-state index in [1.807, 2.05) is 0 Å². The standard InChI is InChI=1S/C21H29N2.2HI/c1-22-19(14-12-18-7-5-6-8-21(18)22)13-9-17-10-15-20(16-11-17)23(2,3)4;;/h5-8,10-11,15-16,19H,9,12-14H2,1-4H3;2*1H/q+1;;/p-1. The lowest BCUT2D eigenvalue weighted by molar-refractivity contribution is -0.843. The van der Waals surface area contributed by atoms with Crippen molar-refractivity contribution in [2.75, 3.05) is 28.2 Å². The molecule has 138 valence electrons. The molecular formula is C21H30I2N2. The van der Waals surface area contributed by atoms with E-state index in [0.717, 1.165) is 10.5 Å². The predicted molar refractivity (Wildman–Crippen MR) is 99.4 cm³/mol. The maximum Gasteiger partial charge on any atom is 0.134 e. The molecule has 0 fully saturated rings. The van der Waals surface area contributed by atoms with Crippen LogP contribution in [0.2, 0.25) is 0 Å². The maximum absolute atomic E-state index is 2.34. The van der Waals surface area contributed by atoms with E-state index < -0.39 is 0 Å². The Labute approximate surface area is 187 Å². The minimum atomic E-state index is 0. The molecular weight excluding hydrogens is 534 g/mol. The Morgan fingerprint density at radius 1 is 0.960 bits per heavy atom. The first-order valence-corrected chi connectivity index (χ1v) is 8.78. The summed E-state index contributed by atoms with van der Waals surface area (Å²) in [7, 11) is 8.98. The summed E-state index contributed by atoms with van der Waals surface area (Å²) < 4.78 is 0.882. The number of fused-ring (bicyclic) bond motifs is 1. The molecule has 1 N–H and O–H groups in total. The van der Waals surface area contributed by atoms with Crippen LogP contribution in [0.4, 0.5) is 11.4 Å². The van der Waals surface area contributed by atoms with Gasteiger partial charge in [0.2, 0.25) is 0 Å². The number of hydrogen-bond donors (Lipinski definition) is 1. The molecule has 3 rings (SSSR count). The minimum Gasteiger partial charge on any atom is -1.00 e. The van der Waals surface area contributed by atoms with Gasteiger partial charge in [0.1, 0.15) is 11.4 Å². The van der Waals surface area contributed by atoms with Crippen LogP contribution in [0.15, 0.2) is 48.5 Å². The van der Waals surface area contributed by atoms with Gasteiger partial charge in [0, 0.05) is 18.4 Å². The van der Waals surface area contributed by atoms with Gasteiger partial charge in [0.25, 0.3) is 0 Å². The van der Waals surface area contributed by atoms with E-state index in [4.69, 9.17) is 0 Å². The number of benzene rings is 2. The Hall–Kier alpha value is -0.180. The average molecular weight is 564 g/mol. The van der Waals surface area contributed by atoms with Crippen LogP contribution in [0.5, 0.6) is 0 Å². The second-order valence-corrected chi connectivity index (χ2v) is 7.79. The number of rotatable bonds is 4. The van der Waals surface area contributed by atoms with Gasteiger partial charge in [-0.3, -0.25) is 4.48 Å². The van der Waals surface area contributed by atoms with Crippen LogP contribution in [0.3, 0.4) is 0 Å². The molecule has 0 saturated heterocycles. The predicted octanol–water partition coefficient (Wildman–Crippen LogP) is -3.01. The monoisotopic (exact) mass is 564 g/mol. The first-order valence-electron chi connectivity index (χ1n) is 8.78. The molecule has 25 heavy (non-hydrogen) atoms.